The summed E-state index contributed by atoms with van der Waals surface area (Å²) >= 11 is 0. The fraction of sp³-hybridized carbons (Fsp3) is 0.409. The number of methoxy groups -OCH3 is 1. The number of anilines is 1. The highest BCUT2D eigenvalue weighted by molar-refractivity contribution is 5.78. The standard InChI is InChI=1S/C22H27N3O2/c1-27-21-7-3-5-18(15-21)17-4-2-6-20(14-17)24-11-8-19(9-12-24)25-13-10-23-22(26)16-25/h2-7,14-15,19H,8-13,16H2,1H3,(H,23,26). The molecule has 5 nitrogen and oxygen atoms in total. The van der Waals surface area contributed by atoms with Crippen molar-refractivity contribution in [3.8, 4) is 16.9 Å². The van der Waals surface area contributed by atoms with Gasteiger partial charge in [0.05, 0.1) is 13.7 Å². The van der Waals surface area contributed by atoms with Crippen molar-refractivity contribution in [1.29, 1.82) is 0 Å². The molecule has 142 valence electrons. The van der Waals surface area contributed by atoms with Gasteiger partial charge in [-0.15, -0.1) is 0 Å². The molecule has 2 saturated heterocycles. The van der Waals surface area contributed by atoms with Crippen LogP contribution in [-0.4, -0.2) is 56.7 Å². The van der Waals surface area contributed by atoms with Crippen molar-refractivity contribution in [2.24, 2.45) is 0 Å². The zero-order chi connectivity index (χ0) is 18.6. The fourth-order valence-electron chi connectivity index (χ4n) is 4.14. The summed E-state index contributed by atoms with van der Waals surface area (Å²) in [5.74, 6) is 1.04. The Morgan fingerprint density at radius 3 is 2.48 bits per heavy atom. The molecule has 0 unspecified atom stereocenters. The number of hydrogen-bond donors (Lipinski definition) is 1. The number of ether oxygens (including phenoxy) is 1. The lowest BCUT2D eigenvalue weighted by molar-refractivity contribution is -0.125. The summed E-state index contributed by atoms with van der Waals surface area (Å²) in [5, 5.41) is 2.92. The van der Waals surface area contributed by atoms with Crippen molar-refractivity contribution in [2.45, 2.75) is 18.9 Å². The highest BCUT2D eigenvalue weighted by Gasteiger charge is 2.27. The van der Waals surface area contributed by atoms with Crippen LogP contribution in [0.2, 0.25) is 0 Å². The summed E-state index contributed by atoms with van der Waals surface area (Å²) in [7, 11) is 1.70. The lowest BCUT2D eigenvalue weighted by atomic mass is 10.00. The van der Waals surface area contributed by atoms with Crippen molar-refractivity contribution in [1.82, 2.24) is 10.2 Å². The second-order valence-corrected chi connectivity index (χ2v) is 7.32. The molecule has 0 aliphatic carbocycles. The number of nitrogens with zero attached hydrogens (tertiary/aromatic N) is 2. The van der Waals surface area contributed by atoms with E-state index in [1.54, 1.807) is 7.11 Å². The van der Waals surface area contributed by atoms with Crippen molar-refractivity contribution >= 4 is 11.6 Å². The first-order valence-corrected chi connectivity index (χ1v) is 9.73. The van der Waals surface area contributed by atoms with Crippen LogP contribution in [0.3, 0.4) is 0 Å². The van der Waals surface area contributed by atoms with Gasteiger partial charge in [-0.3, -0.25) is 9.69 Å². The first kappa shape index (κ1) is 17.9. The molecule has 0 radical (unpaired) electrons. The van der Waals surface area contributed by atoms with E-state index in [-0.39, 0.29) is 5.91 Å². The average Bonchev–Trinajstić information content (AvgIpc) is 2.74. The molecule has 2 aromatic rings. The van der Waals surface area contributed by atoms with Crippen LogP contribution in [0.1, 0.15) is 12.8 Å². The Kier molecular flexibility index (Phi) is 5.30. The summed E-state index contributed by atoms with van der Waals surface area (Å²) in [6, 6.07) is 17.5. The molecule has 0 saturated carbocycles. The van der Waals surface area contributed by atoms with Crippen molar-refractivity contribution in [3.63, 3.8) is 0 Å². The van der Waals surface area contributed by atoms with E-state index < -0.39 is 0 Å². The van der Waals surface area contributed by atoms with E-state index in [4.69, 9.17) is 4.74 Å². The van der Waals surface area contributed by atoms with E-state index in [1.807, 2.05) is 12.1 Å². The molecule has 1 amide bonds. The summed E-state index contributed by atoms with van der Waals surface area (Å²) in [6.07, 6.45) is 2.22. The van der Waals surface area contributed by atoms with Gasteiger partial charge in [0.1, 0.15) is 5.75 Å². The number of carbonyl (C=O) groups is 1. The molecule has 0 spiro atoms. The van der Waals surface area contributed by atoms with Crippen LogP contribution in [0.25, 0.3) is 11.1 Å². The number of benzene rings is 2. The van der Waals surface area contributed by atoms with Crippen LogP contribution in [0.5, 0.6) is 5.75 Å². The largest absolute Gasteiger partial charge is 0.497 e. The zero-order valence-corrected chi connectivity index (χ0v) is 15.9. The van der Waals surface area contributed by atoms with Gasteiger partial charge >= 0.3 is 0 Å². The third-order valence-electron chi connectivity index (χ3n) is 5.66. The van der Waals surface area contributed by atoms with Gasteiger partial charge in [0, 0.05) is 37.9 Å². The first-order chi connectivity index (χ1) is 13.2. The molecule has 0 atom stereocenters. The van der Waals surface area contributed by atoms with Gasteiger partial charge in [-0.1, -0.05) is 24.3 Å². The topological polar surface area (TPSA) is 44.8 Å². The maximum Gasteiger partial charge on any atom is 0.234 e. The van der Waals surface area contributed by atoms with Gasteiger partial charge in [0.25, 0.3) is 0 Å². The number of piperazine rings is 1. The number of nitrogens with one attached hydrogen (secondary N) is 1. The number of rotatable bonds is 4. The Labute approximate surface area is 160 Å². The predicted molar refractivity (Wildman–Crippen MR) is 108 cm³/mol. The molecular weight excluding hydrogens is 338 g/mol. The molecule has 2 aliphatic heterocycles. The van der Waals surface area contributed by atoms with Crippen molar-refractivity contribution in [2.75, 3.05) is 44.7 Å². The third kappa shape index (κ3) is 4.08. The molecule has 0 aromatic heterocycles. The van der Waals surface area contributed by atoms with E-state index in [0.29, 0.717) is 12.6 Å². The summed E-state index contributed by atoms with van der Waals surface area (Å²) in [6.45, 7) is 4.37. The molecule has 0 bridgehead atoms. The van der Waals surface area contributed by atoms with Gasteiger partial charge in [0.15, 0.2) is 0 Å². The number of hydrogen-bond acceptors (Lipinski definition) is 4. The van der Waals surface area contributed by atoms with Crippen LogP contribution >= 0.6 is 0 Å². The lowest BCUT2D eigenvalue weighted by Crippen LogP contribution is -2.54. The second kappa shape index (κ2) is 8.01. The molecule has 4 rings (SSSR count). The zero-order valence-electron chi connectivity index (χ0n) is 15.9. The van der Waals surface area contributed by atoms with Crippen LogP contribution < -0.4 is 15.0 Å². The van der Waals surface area contributed by atoms with Crippen LogP contribution in [-0.2, 0) is 4.79 Å². The molecule has 2 aliphatic rings. The van der Waals surface area contributed by atoms with E-state index >= 15 is 0 Å². The van der Waals surface area contributed by atoms with E-state index in [2.05, 4.69) is 51.5 Å². The molecule has 5 heteroatoms. The maximum atomic E-state index is 11.6. The Hall–Kier alpha value is -2.53. The van der Waals surface area contributed by atoms with Gasteiger partial charge in [0.2, 0.25) is 5.91 Å². The van der Waals surface area contributed by atoms with Crippen LogP contribution in [0.15, 0.2) is 48.5 Å². The van der Waals surface area contributed by atoms with Crippen molar-refractivity contribution < 1.29 is 9.53 Å². The van der Waals surface area contributed by atoms with E-state index in [9.17, 15) is 4.79 Å². The van der Waals surface area contributed by atoms with Gasteiger partial charge in [-0.05, 0) is 48.2 Å². The minimum atomic E-state index is 0.162. The Bertz CT molecular complexity index is 800. The molecule has 2 aromatic carbocycles. The molecule has 2 heterocycles. The molecule has 2 fully saturated rings. The summed E-state index contributed by atoms with van der Waals surface area (Å²) in [5.41, 5.74) is 3.65. The normalized spacial score (nSPS) is 19.0. The smallest absolute Gasteiger partial charge is 0.234 e. The second-order valence-electron chi connectivity index (χ2n) is 7.32. The Balaban J connectivity index is 1.43. The Morgan fingerprint density at radius 2 is 1.74 bits per heavy atom. The maximum absolute atomic E-state index is 11.6. The average molecular weight is 365 g/mol. The first-order valence-electron chi connectivity index (χ1n) is 9.73. The van der Waals surface area contributed by atoms with E-state index in [1.165, 1.54) is 16.8 Å². The summed E-state index contributed by atoms with van der Waals surface area (Å²) < 4.78 is 5.36. The number of piperidine rings is 1. The van der Waals surface area contributed by atoms with Gasteiger partial charge in [-0.2, -0.15) is 0 Å². The summed E-state index contributed by atoms with van der Waals surface area (Å²) in [4.78, 5) is 16.5. The van der Waals surface area contributed by atoms with Crippen molar-refractivity contribution in [3.05, 3.63) is 48.5 Å². The minimum absolute atomic E-state index is 0.162. The quantitative estimate of drug-likeness (QED) is 0.905. The predicted octanol–water partition coefficient (Wildman–Crippen LogP) is 2.76. The fourth-order valence-corrected chi connectivity index (χ4v) is 4.14. The molecular formula is C22H27N3O2. The lowest BCUT2D eigenvalue weighted by Gasteiger charge is -2.40. The highest BCUT2D eigenvalue weighted by Crippen LogP contribution is 2.29. The third-order valence-corrected chi connectivity index (χ3v) is 5.66. The van der Waals surface area contributed by atoms with Crippen LogP contribution in [0.4, 0.5) is 5.69 Å². The Morgan fingerprint density at radius 1 is 1.00 bits per heavy atom. The molecule has 27 heavy (non-hydrogen) atoms. The number of carbonyl (C=O) groups excluding carboxylic acids is 1. The van der Waals surface area contributed by atoms with Gasteiger partial charge < -0.3 is 15.0 Å². The minimum Gasteiger partial charge on any atom is -0.497 e. The highest BCUT2D eigenvalue weighted by atomic mass is 16.5. The SMILES string of the molecule is COc1cccc(-c2cccc(N3CCC(N4CCNC(=O)C4)CC3)c2)c1. The molecule has 1 N–H and O–H groups in total. The van der Waals surface area contributed by atoms with E-state index in [0.717, 1.165) is 44.8 Å². The monoisotopic (exact) mass is 365 g/mol. The van der Waals surface area contributed by atoms with Gasteiger partial charge in [-0.25, -0.2) is 0 Å². The van der Waals surface area contributed by atoms with Crippen LogP contribution in [0, 0.1) is 0 Å². The number of amides is 1.